The Morgan fingerprint density at radius 3 is 2.29 bits per heavy atom. The predicted octanol–water partition coefficient (Wildman–Crippen LogP) is 2.50. The lowest BCUT2D eigenvalue weighted by atomic mass is 9.77. The summed E-state index contributed by atoms with van der Waals surface area (Å²) in [5.41, 5.74) is 5.60. The van der Waals surface area contributed by atoms with Gasteiger partial charge in [0.25, 0.3) is 0 Å². The summed E-state index contributed by atoms with van der Waals surface area (Å²) in [5.74, 6) is -2.60. The Morgan fingerprint density at radius 2 is 1.81 bits per heavy atom. The highest BCUT2D eigenvalue weighted by Crippen LogP contribution is 2.42. The first kappa shape index (κ1) is 16.2. The molecule has 0 radical (unpaired) electrons. The molecule has 0 heterocycles. The van der Waals surface area contributed by atoms with E-state index >= 15 is 0 Å². The summed E-state index contributed by atoms with van der Waals surface area (Å²) < 4.78 is 56.6. The van der Waals surface area contributed by atoms with Crippen LogP contribution in [0.25, 0.3) is 0 Å². The van der Waals surface area contributed by atoms with Crippen LogP contribution in [0, 0.1) is 11.6 Å². The Morgan fingerprint density at radius 1 is 1.24 bits per heavy atom. The van der Waals surface area contributed by atoms with Crippen molar-refractivity contribution in [3.8, 4) is 5.75 Å². The van der Waals surface area contributed by atoms with E-state index in [-0.39, 0.29) is 11.3 Å². The third-order valence-corrected chi connectivity index (χ3v) is 5.10. The second-order valence-corrected chi connectivity index (χ2v) is 7.52. The largest absolute Gasteiger partial charge is 0.493 e. The predicted molar refractivity (Wildman–Crippen MR) is 75.0 cm³/mol. The van der Waals surface area contributed by atoms with E-state index in [1.54, 1.807) is 0 Å². The van der Waals surface area contributed by atoms with Crippen LogP contribution in [0.5, 0.6) is 5.75 Å². The van der Waals surface area contributed by atoms with Crippen LogP contribution in [0.15, 0.2) is 11.0 Å². The summed E-state index contributed by atoms with van der Waals surface area (Å²) in [4.78, 5) is -0.970. The molecule has 2 rings (SSSR count). The van der Waals surface area contributed by atoms with Gasteiger partial charge in [-0.05, 0) is 18.9 Å². The highest BCUT2D eigenvalue weighted by Gasteiger charge is 2.36. The third-order valence-electron chi connectivity index (χ3n) is 3.99. The molecule has 0 atom stereocenters. The van der Waals surface area contributed by atoms with Crippen LogP contribution < -0.4 is 10.5 Å². The Bertz CT molecular complexity index is 653. The molecule has 1 aliphatic carbocycles. The highest BCUT2D eigenvalue weighted by atomic mass is 32.2. The molecule has 1 aliphatic rings. The Hall–Kier alpha value is -1.21. The third kappa shape index (κ3) is 2.89. The Balaban J connectivity index is 2.69. The second kappa shape index (κ2) is 5.53. The van der Waals surface area contributed by atoms with Crippen LogP contribution in [0.2, 0.25) is 0 Å². The molecule has 0 aromatic heterocycles. The molecular weight excluding hydrogens is 300 g/mol. The van der Waals surface area contributed by atoms with Gasteiger partial charge in [-0.3, -0.25) is 0 Å². The zero-order valence-electron chi connectivity index (χ0n) is 12.1. The summed E-state index contributed by atoms with van der Waals surface area (Å²) in [7, 11) is -2.81. The van der Waals surface area contributed by atoms with E-state index in [0.29, 0.717) is 12.8 Å². The summed E-state index contributed by atoms with van der Waals surface area (Å²) in [6, 6.07) is 1.00. The molecule has 1 aromatic rings. The Kier molecular flexibility index (Phi) is 4.26. The van der Waals surface area contributed by atoms with E-state index in [2.05, 4.69) is 0 Å². The molecule has 7 heteroatoms. The average molecular weight is 319 g/mol. The van der Waals surface area contributed by atoms with Gasteiger partial charge in [0.05, 0.1) is 7.11 Å². The maximum atomic E-state index is 14.4. The van der Waals surface area contributed by atoms with E-state index in [9.17, 15) is 17.2 Å². The number of hydrogen-bond donors (Lipinski definition) is 1. The van der Waals surface area contributed by atoms with Crippen LogP contribution in [0.4, 0.5) is 8.78 Å². The fourth-order valence-electron chi connectivity index (χ4n) is 2.95. The lowest BCUT2D eigenvalue weighted by molar-refractivity contribution is 0.280. The maximum Gasteiger partial charge on any atom is 0.186 e. The van der Waals surface area contributed by atoms with Crippen molar-refractivity contribution in [2.24, 2.45) is 5.73 Å². The molecule has 0 bridgehead atoms. The topological polar surface area (TPSA) is 69.4 Å². The van der Waals surface area contributed by atoms with Crippen LogP contribution in [0.3, 0.4) is 0 Å². The van der Waals surface area contributed by atoms with Crippen molar-refractivity contribution in [2.75, 3.05) is 13.4 Å². The van der Waals surface area contributed by atoms with Gasteiger partial charge in [-0.1, -0.05) is 19.3 Å². The van der Waals surface area contributed by atoms with Gasteiger partial charge in [-0.15, -0.1) is 0 Å². The zero-order valence-corrected chi connectivity index (χ0v) is 12.9. The number of ether oxygens (including phenoxy) is 1. The fourth-order valence-corrected chi connectivity index (χ4v) is 3.78. The first-order valence-electron chi connectivity index (χ1n) is 6.76. The number of hydrogen-bond acceptors (Lipinski definition) is 4. The molecule has 1 fully saturated rings. The molecule has 21 heavy (non-hydrogen) atoms. The Labute approximate surface area is 123 Å². The van der Waals surface area contributed by atoms with Crippen molar-refractivity contribution in [1.82, 2.24) is 0 Å². The van der Waals surface area contributed by atoms with Gasteiger partial charge in [0.1, 0.15) is 10.7 Å². The average Bonchev–Trinajstić information content (AvgIpc) is 2.37. The number of rotatable bonds is 3. The molecule has 0 saturated heterocycles. The number of sulfone groups is 1. The normalized spacial score (nSPS) is 18.5. The van der Waals surface area contributed by atoms with Crippen molar-refractivity contribution in [3.05, 3.63) is 23.3 Å². The fraction of sp³-hybridized carbons (Fsp3) is 0.571. The number of nitrogens with two attached hydrogens (primary N) is 1. The SMILES string of the molecule is COc1c(C2(N)CCCCC2)cc(F)c(S(C)(=O)=O)c1F. The van der Waals surface area contributed by atoms with Crippen LogP contribution >= 0.6 is 0 Å². The second-order valence-electron chi connectivity index (χ2n) is 5.57. The minimum absolute atomic E-state index is 0.201. The smallest absolute Gasteiger partial charge is 0.186 e. The van der Waals surface area contributed by atoms with Crippen LogP contribution in [-0.2, 0) is 15.4 Å². The van der Waals surface area contributed by atoms with Crippen molar-refractivity contribution < 1.29 is 21.9 Å². The lowest BCUT2D eigenvalue weighted by Crippen LogP contribution is -2.39. The van der Waals surface area contributed by atoms with Gasteiger partial charge in [0.15, 0.2) is 21.4 Å². The number of benzene rings is 1. The standard InChI is InChI=1S/C14H19F2NO3S/c1-20-12-9(14(17)6-4-3-5-7-14)8-10(15)13(11(12)16)21(2,18)19/h8H,3-7,17H2,1-2H3. The van der Waals surface area contributed by atoms with E-state index in [1.165, 1.54) is 7.11 Å². The van der Waals surface area contributed by atoms with Crippen LogP contribution in [0.1, 0.15) is 37.7 Å². The molecule has 0 spiro atoms. The molecule has 1 saturated carbocycles. The molecule has 1 aromatic carbocycles. The first-order chi connectivity index (χ1) is 9.70. The summed E-state index contributed by atoms with van der Waals surface area (Å²) >= 11 is 0. The van der Waals surface area contributed by atoms with Crippen molar-refractivity contribution in [3.63, 3.8) is 0 Å². The molecule has 4 nitrogen and oxygen atoms in total. The molecule has 2 N–H and O–H groups in total. The first-order valence-corrected chi connectivity index (χ1v) is 8.65. The van der Waals surface area contributed by atoms with Crippen molar-refractivity contribution in [2.45, 2.75) is 42.5 Å². The molecule has 0 aliphatic heterocycles. The van der Waals surface area contributed by atoms with Crippen LogP contribution in [-0.4, -0.2) is 21.8 Å². The molecular formula is C14H19F2NO3S. The van der Waals surface area contributed by atoms with E-state index in [0.717, 1.165) is 31.6 Å². The minimum atomic E-state index is -4.03. The van der Waals surface area contributed by atoms with Crippen molar-refractivity contribution >= 4 is 9.84 Å². The van der Waals surface area contributed by atoms with Gasteiger partial charge < -0.3 is 10.5 Å². The maximum absolute atomic E-state index is 14.4. The van der Waals surface area contributed by atoms with E-state index in [1.807, 2.05) is 0 Å². The number of methoxy groups -OCH3 is 1. The van der Waals surface area contributed by atoms with Gasteiger partial charge in [-0.25, -0.2) is 17.2 Å². The molecule has 118 valence electrons. The summed E-state index contributed by atoms with van der Waals surface area (Å²) in [6.07, 6.45) is 4.66. The van der Waals surface area contributed by atoms with Gasteiger partial charge in [-0.2, -0.15) is 0 Å². The highest BCUT2D eigenvalue weighted by molar-refractivity contribution is 7.90. The number of halogens is 2. The zero-order chi connectivity index (χ0) is 15.8. The minimum Gasteiger partial charge on any atom is -0.493 e. The van der Waals surface area contributed by atoms with E-state index < -0.39 is 31.9 Å². The van der Waals surface area contributed by atoms with Gasteiger partial charge >= 0.3 is 0 Å². The monoisotopic (exact) mass is 319 g/mol. The van der Waals surface area contributed by atoms with Gasteiger partial charge in [0.2, 0.25) is 0 Å². The van der Waals surface area contributed by atoms with Gasteiger partial charge in [0, 0.05) is 17.4 Å². The quantitative estimate of drug-likeness (QED) is 0.929. The summed E-state index contributed by atoms with van der Waals surface area (Å²) in [5, 5.41) is 0. The van der Waals surface area contributed by atoms with Crippen molar-refractivity contribution in [1.29, 1.82) is 0 Å². The lowest BCUT2D eigenvalue weighted by Gasteiger charge is -2.35. The van der Waals surface area contributed by atoms with E-state index in [4.69, 9.17) is 10.5 Å². The summed E-state index contributed by atoms with van der Waals surface area (Å²) in [6.45, 7) is 0. The molecule has 0 amide bonds. The molecule has 0 unspecified atom stereocenters.